The van der Waals surface area contributed by atoms with Crippen LogP contribution in [0.15, 0.2) is 24.4 Å². The highest BCUT2D eigenvalue weighted by atomic mass is 32.2. The zero-order valence-electron chi connectivity index (χ0n) is 19.5. The van der Waals surface area contributed by atoms with Gasteiger partial charge >= 0.3 is 0 Å². The summed E-state index contributed by atoms with van der Waals surface area (Å²) in [4.78, 5) is 19.8. The Hall–Kier alpha value is -2.38. The Morgan fingerprint density at radius 2 is 1.83 bits per heavy atom. The molecule has 2 aliphatic heterocycles. The maximum Gasteiger partial charge on any atom is 0.217 e. The van der Waals surface area contributed by atoms with Gasteiger partial charge in [0.25, 0.3) is 0 Å². The molecule has 2 N–H and O–H groups in total. The number of pyridine rings is 1. The summed E-state index contributed by atoms with van der Waals surface area (Å²) in [6.45, 7) is 6.32. The van der Waals surface area contributed by atoms with Crippen molar-refractivity contribution >= 4 is 43.2 Å². The first kappa shape index (κ1) is 23.0. The molecule has 0 spiro atoms. The van der Waals surface area contributed by atoms with E-state index >= 15 is 0 Å². The van der Waals surface area contributed by atoms with Gasteiger partial charge in [-0.3, -0.25) is 4.90 Å². The number of anilines is 2. The Labute approximate surface area is 208 Å². The highest BCUT2D eigenvalue weighted by Crippen LogP contribution is 2.35. The van der Waals surface area contributed by atoms with Gasteiger partial charge in [0.15, 0.2) is 11.6 Å². The predicted molar refractivity (Wildman–Crippen MR) is 137 cm³/mol. The summed E-state index contributed by atoms with van der Waals surface area (Å²) < 4.78 is 33.4. The fourth-order valence-electron chi connectivity index (χ4n) is 4.64. The largest absolute Gasteiger partial charge is 0.384 e. The van der Waals surface area contributed by atoms with E-state index in [1.54, 1.807) is 27.9 Å². The number of nitrogens with zero attached hydrogens (tertiary/aromatic N) is 6. The quantitative estimate of drug-likeness (QED) is 0.524. The van der Waals surface area contributed by atoms with E-state index in [1.807, 2.05) is 6.07 Å². The lowest BCUT2D eigenvalue weighted by Crippen LogP contribution is -2.49. The van der Waals surface area contributed by atoms with Crippen LogP contribution >= 0.6 is 11.3 Å². The fraction of sp³-hybridized carbons (Fsp3) is 0.522. The van der Waals surface area contributed by atoms with Crippen LogP contribution in [0.5, 0.6) is 0 Å². The normalized spacial score (nSPS) is 20.5. The Morgan fingerprint density at radius 3 is 2.51 bits per heavy atom. The molecule has 1 saturated carbocycles. The molecule has 0 amide bonds. The smallest absolute Gasteiger partial charge is 0.217 e. The predicted octanol–water partition coefficient (Wildman–Crippen LogP) is 1.78. The van der Waals surface area contributed by atoms with Crippen molar-refractivity contribution in [1.29, 1.82) is 0 Å². The van der Waals surface area contributed by atoms with Gasteiger partial charge in [-0.05, 0) is 31.0 Å². The van der Waals surface area contributed by atoms with Crippen molar-refractivity contribution in [3.8, 4) is 11.4 Å². The number of hydrogen-bond acceptors (Lipinski definition) is 10. The van der Waals surface area contributed by atoms with Crippen LogP contribution in [0.25, 0.3) is 21.6 Å². The van der Waals surface area contributed by atoms with E-state index in [-0.39, 0.29) is 5.25 Å². The number of nitrogens with two attached hydrogens (primary N) is 1. The third-order valence-corrected chi connectivity index (χ3v) is 10.3. The number of nitrogen functional groups attached to an aromatic ring is 1. The number of piperazine rings is 1. The van der Waals surface area contributed by atoms with Crippen molar-refractivity contribution in [1.82, 2.24) is 24.2 Å². The van der Waals surface area contributed by atoms with Gasteiger partial charge in [-0.15, -0.1) is 11.3 Å². The zero-order valence-corrected chi connectivity index (χ0v) is 21.1. The topological polar surface area (TPSA) is 118 Å². The minimum atomic E-state index is -3.10. The summed E-state index contributed by atoms with van der Waals surface area (Å²) in [7, 11) is -3.10. The van der Waals surface area contributed by atoms with Gasteiger partial charge in [-0.2, -0.15) is 4.31 Å². The number of morpholine rings is 1. The molecule has 1 aliphatic carbocycles. The van der Waals surface area contributed by atoms with E-state index in [1.165, 1.54) is 4.88 Å². The van der Waals surface area contributed by atoms with Gasteiger partial charge in [-0.1, -0.05) is 0 Å². The Balaban J connectivity index is 1.26. The number of thiophene rings is 1. The van der Waals surface area contributed by atoms with E-state index in [0.29, 0.717) is 37.9 Å². The summed E-state index contributed by atoms with van der Waals surface area (Å²) in [6, 6.07) is 5.81. The SMILES string of the molecule is Nc1ccc(-c2nc(N3CCOCC3)c3sc(CN4CCN(S(=O)(=O)C5CC5)CC4)cc3n2)cn1. The third kappa shape index (κ3) is 4.73. The molecule has 35 heavy (non-hydrogen) atoms. The van der Waals surface area contributed by atoms with Crippen molar-refractivity contribution in [2.24, 2.45) is 0 Å². The van der Waals surface area contributed by atoms with Crippen LogP contribution in [0, 0.1) is 0 Å². The molecule has 2 saturated heterocycles. The minimum absolute atomic E-state index is 0.140. The Bertz CT molecular complexity index is 1310. The molecule has 0 bridgehead atoms. The summed E-state index contributed by atoms with van der Waals surface area (Å²) in [5, 5.41) is -0.140. The number of rotatable bonds is 6. The minimum Gasteiger partial charge on any atom is -0.384 e. The molecule has 3 aromatic rings. The Morgan fingerprint density at radius 1 is 1.06 bits per heavy atom. The first-order valence-electron chi connectivity index (χ1n) is 12.0. The molecule has 186 valence electrons. The molecule has 3 fully saturated rings. The van der Waals surface area contributed by atoms with Crippen molar-refractivity contribution in [2.45, 2.75) is 24.6 Å². The number of sulfonamides is 1. The number of aromatic nitrogens is 3. The second kappa shape index (κ2) is 9.25. The monoisotopic (exact) mass is 515 g/mol. The molecule has 0 aromatic carbocycles. The average molecular weight is 516 g/mol. The molecule has 0 atom stereocenters. The van der Waals surface area contributed by atoms with Crippen LogP contribution in [0.2, 0.25) is 0 Å². The summed E-state index contributed by atoms with van der Waals surface area (Å²) in [5.41, 5.74) is 7.52. The van der Waals surface area contributed by atoms with E-state index in [0.717, 1.165) is 67.2 Å². The van der Waals surface area contributed by atoms with Crippen molar-refractivity contribution in [3.63, 3.8) is 0 Å². The van der Waals surface area contributed by atoms with E-state index < -0.39 is 10.0 Å². The van der Waals surface area contributed by atoms with Gasteiger partial charge in [-0.25, -0.2) is 23.4 Å². The van der Waals surface area contributed by atoms with Crippen molar-refractivity contribution in [2.75, 3.05) is 63.1 Å². The highest BCUT2D eigenvalue weighted by molar-refractivity contribution is 7.90. The molecular formula is C23H29N7O3S2. The lowest BCUT2D eigenvalue weighted by Gasteiger charge is -2.33. The van der Waals surface area contributed by atoms with Crippen LogP contribution < -0.4 is 10.6 Å². The maximum atomic E-state index is 12.6. The first-order chi connectivity index (χ1) is 17.0. The lowest BCUT2D eigenvalue weighted by molar-refractivity contribution is 0.122. The van der Waals surface area contributed by atoms with Gasteiger partial charge in [0.2, 0.25) is 10.0 Å². The van der Waals surface area contributed by atoms with Gasteiger partial charge in [0.05, 0.1) is 28.7 Å². The third-order valence-electron chi connectivity index (χ3n) is 6.78. The molecule has 5 heterocycles. The molecule has 3 aromatic heterocycles. The second-order valence-electron chi connectivity index (χ2n) is 9.29. The van der Waals surface area contributed by atoms with E-state index in [2.05, 4.69) is 20.9 Å². The Kier molecular flexibility index (Phi) is 6.09. The second-order valence-corrected chi connectivity index (χ2v) is 12.6. The summed E-state index contributed by atoms with van der Waals surface area (Å²) >= 11 is 1.72. The lowest BCUT2D eigenvalue weighted by atomic mass is 10.2. The maximum absolute atomic E-state index is 12.6. The number of fused-ring (bicyclic) bond motifs is 1. The van der Waals surface area contributed by atoms with Crippen LogP contribution in [0.4, 0.5) is 11.6 Å². The molecule has 12 heteroatoms. The molecule has 10 nitrogen and oxygen atoms in total. The summed E-state index contributed by atoms with van der Waals surface area (Å²) in [6.07, 6.45) is 3.33. The van der Waals surface area contributed by atoms with Crippen LogP contribution in [-0.2, 0) is 21.3 Å². The zero-order chi connectivity index (χ0) is 24.0. The summed E-state index contributed by atoms with van der Waals surface area (Å²) in [5.74, 6) is 2.03. The van der Waals surface area contributed by atoms with Crippen molar-refractivity contribution < 1.29 is 13.2 Å². The van der Waals surface area contributed by atoms with Gasteiger partial charge < -0.3 is 15.4 Å². The van der Waals surface area contributed by atoms with E-state index in [4.69, 9.17) is 20.4 Å². The van der Waals surface area contributed by atoms with Gasteiger partial charge in [0, 0.05) is 62.5 Å². The first-order valence-corrected chi connectivity index (χ1v) is 14.4. The molecular weight excluding hydrogens is 486 g/mol. The van der Waals surface area contributed by atoms with Crippen LogP contribution in [0.3, 0.4) is 0 Å². The highest BCUT2D eigenvalue weighted by Gasteiger charge is 2.41. The molecule has 0 unspecified atom stereocenters. The van der Waals surface area contributed by atoms with Crippen LogP contribution in [-0.4, -0.2) is 90.3 Å². The standard InChI is InChI=1S/C23H29N7O3S2/c24-20-4-1-16(14-25-20)22-26-19-13-17(34-21(19)23(27-22)29-9-11-33-12-10-29)15-28-5-7-30(8-6-28)35(31,32)18-2-3-18/h1,4,13-14,18H,2-3,5-12,15H2,(H2,24,25). The van der Waals surface area contributed by atoms with Crippen LogP contribution in [0.1, 0.15) is 17.7 Å². The van der Waals surface area contributed by atoms with Gasteiger partial charge in [0.1, 0.15) is 5.82 Å². The average Bonchev–Trinajstić information content (AvgIpc) is 3.66. The fourth-order valence-corrected chi connectivity index (χ4v) is 7.62. The number of hydrogen-bond donors (Lipinski definition) is 1. The van der Waals surface area contributed by atoms with E-state index in [9.17, 15) is 8.42 Å². The molecule has 6 rings (SSSR count). The van der Waals surface area contributed by atoms with Crippen molar-refractivity contribution in [3.05, 3.63) is 29.3 Å². The molecule has 3 aliphatic rings. The molecule has 0 radical (unpaired) electrons. The number of ether oxygens (including phenoxy) is 1.